The van der Waals surface area contributed by atoms with Crippen molar-refractivity contribution < 1.29 is 28.2 Å². The van der Waals surface area contributed by atoms with E-state index < -0.39 is 11.6 Å². The number of ether oxygens (including phenoxy) is 4. The Morgan fingerprint density at radius 2 is 1.93 bits per heavy atom. The lowest BCUT2D eigenvalue weighted by molar-refractivity contribution is -0.128. The van der Waals surface area contributed by atoms with Gasteiger partial charge in [0.2, 0.25) is 5.75 Å². The Labute approximate surface area is 166 Å². The molecule has 0 unspecified atom stereocenters. The highest BCUT2D eigenvalue weighted by Crippen LogP contribution is 2.40. The summed E-state index contributed by atoms with van der Waals surface area (Å²) in [6.45, 7) is 2.72. The minimum absolute atomic E-state index is 0.278. The maximum Gasteiger partial charge on any atom is 0.336 e. The molecule has 0 spiro atoms. The molecule has 0 fully saturated rings. The van der Waals surface area contributed by atoms with Crippen molar-refractivity contribution in [2.75, 3.05) is 20.3 Å². The van der Waals surface area contributed by atoms with Gasteiger partial charge in [-0.1, -0.05) is 0 Å². The zero-order chi connectivity index (χ0) is 20.4. The van der Waals surface area contributed by atoms with Gasteiger partial charge in [0.1, 0.15) is 24.5 Å². The number of methoxy groups -OCH3 is 1. The van der Waals surface area contributed by atoms with Crippen LogP contribution in [0.4, 0.5) is 0 Å². The summed E-state index contributed by atoms with van der Waals surface area (Å²) in [7, 11) is 1.54. The molecule has 0 atom stereocenters. The highest BCUT2D eigenvalue weighted by molar-refractivity contribution is 5.90. The van der Waals surface area contributed by atoms with Crippen LogP contribution in [0.15, 0.2) is 51.7 Å². The molecule has 3 aromatic rings. The zero-order valence-electron chi connectivity index (χ0n) is 15.9. The molecule has 1 aliphatic rings. The normalized spacial score (nSPS) is 12.9. The van der Waals surface area contributed by atoms with Crippen molar-refractivity contribution in [1.29, 1.82) is 0 Å². The quantitative estimate of drug-likeness (QED) is 0.290. The third kappa shape index (κ3) is 3.94. The van der Waals surface area contributed by atoms with Crippen molar-refractivity contribution in [1.82, 2.24) is 0 Å². The molecule has 0 amide bonds. The van der Waals surface area contributed by atoms with E-state index in [1.165, 1.54) is 25.3 Å². The first-order chi connectivity index (χ1) is 14.0. The first-order valence-electron chi connectivity index (χ1n) is 8.95. The van der Waals surface area contributed by atoms with Crippen molar-refractivity contribution in [3.63, 3.8) is 0 Å². The van der Waals surface area contributed by atoms with Gasteiger partial charge >= 0.3 is 11.6 Å². The van der Waals surface area contributed by atoms with E-state index in [4.69, 9.17) is 23.4 Å². The maximum atomic E-state index is 12.2. The van der Waals surface area contributed by atoms with Crippen LogP contribution in [-0.2, 0) is 4.79 Å². The van der Waals surface area contributed by atoms with E-state index in [0.717, 1.165) is 10.9 Å². The Bertz CT molecular complexity index is 1160. The van der Waals surface area contributed by atoms with E-state index >= 15 is 0 Å². The zero-order valence-corrected chi connectivity index (χ0v) is 15.9. The number of carbonyl (C=O) groups is 1. The lowest BCUT2D eigenvalue weighted by Crippen LogP contribution is -2.16. The molecule has 1 aromatic heterocycles. The summed E-state index contributed by atoms with van der Waals surface area (Å²) < 4.78 is 26.9. The summed E-state index contributed by atoms with van der Waals surface area (Å²) in [5.74, 6) is 1.33. The monoisotopic (exact) mass is 394 g/mol. The minimum Gasteiger partial charge on any atom is -0.493 e. The van der Waals surface area contributed by atoms with E-state index in [1.807, 2.05) is 6.92 Å². The fourth-order valence-electron chi connectivity index (χ4n) is 3.07. The molecule has 0 aliphatic carbocycles. The van der Waals surface area contributed by atoms with E-state index in [-0.39, 0.29) is 5.75 Å². The number of carbonyl (C=O) groups excluding carboxylic acids is 1. The standard InChI is InChI=1S/C22H18O7/c1-13-9-21(24)29-17-12-15(4-5-16(13)17)28-20(23)6-3-14-10-18(25-2)22-19(11-14)26-7-8-27-22/h3-6,9-12H,7-8H2,1-2H3/b6-3+. The molecule has 0 saturated carbocycles. The number of aryl methyl sites for hydroxylation is 1. The molecule has 2 aromatic carbocycles. The van der Waals surface area contributed by atoms with Gasteiger partial charge in [-0.05, 0) is 48.4 Å². The largest absolute Gasteiger partial charge is 0.493 e. The maximum absolute atomic E-state index is 12.2. The van der Waals surface area contributed by atoms with Crippen molar-refractivity contribution in [2.24, 2.45) is 0 Å². The van der Waals surface area contributed by atoms with Crippen LogP contribution in [0.5, 0.6) is 23.0 Å². The lowest BCUT2D eigenvalue weighted by Gasteiger charge is -2.20. The molecular formula is C22H18O7. The molecule has 7 heteroatoms. The van der Waals surface area contributed by atoms with Gasteiger partial charge in [0.25, 0.3) is 0 Å². The van der Waals surface area contributed by atoms with Crippen LogP contribution in [0.3, 0.4) is 0 Å². The fraction of sp³-hybridized carbons (Fsp3) is 0.182. The fourth-order valence-corrected chi connectivity index (χ4v) is 3.07. The summed E-state index contributed by atoms with van der Waals surface area (Å²) in [5.41, 5.74) is 1.40. The molecule has 0 saturated heterocycles. The Hall–Kier alpha value is -3.74. The van der Waals surface area contributed by atoms with Crippen LogP contribution >= 0.6 is 0 Å². The molecule has 1 aliphatic heterocycles. The summed E-state index contributed by atoms with van der Waals surface area (Å²) in [5, 5.41) is 0.781. The van der Waals surface area contributed by atoms with Crippen LogP contribution in [0.25, 0.3) is 17.0 Å². The van der Waals surface area contributed by atoms with E-state index in [1.54, 1.807) is 30.3 Å². The molecule has 7 nitrogen and oxygen atoms in total. The Kier molecular flexibility index (Phi) is 4.95. The molecule has 4 rings (SSSR count). The number of fused-ring (bicyclic) bond motifs is 2. The number of hydrogen-bond acceptors (Lipinski definition) is 7. The summed E-state index contributed by atoms with van der Waals surface area (Å²) in [4.78, 5) is 23.7. The third-order valence-electron chi connectivity index (χ3n) is 4.40. The van der Waals surface area contributed by atoms with Gasteiger partial charge in [-0.2, -0.15) is 0 Å². The van der Waals surface area contributed by atoms with Crippen LogP contribution in [-0.4, -0.2) is 26.3 Å². The molecular weight excluding hydrogens is 376 g/mol. The third-order valence-corrected chi connectivity index (χ3v) is 4.40. The predicted molar refractivity (Wildman–Crippen MR) is 106 cm³/mol. The van der Waals surface area contributed by atoms with Crippen LogP contribution < -0.4 is 24.6 Å². The number of rotatable bonds is 4. The Morgan fingerprint density at radius 1 is 1.10 bits per heavy atom. The predicted octanol–water partition coefficient (Wildman–Crippen LogP) is 3.50. The molecule has 0 bridgehead atoms. The molecule has 29 heavy (non-hydrogen) atoms. The smallest absolute Gasteiger partial charge is 0.336 e. The number of benzene rings is 2. The molecule has 2 heterocycles. The first kappa shape index (κ1) is 18.6. The van der Waals surface area contributed by atoms with Crippen molar-refractivity contribution in [3.05, 3.63) is 64.0 Å². The van der Waals surface area contributed by atoms with E-state index in [0.29, 0.717) is 41.6 Å². The second-order valence-corrected chi connectivity index (χ2v) is 6.41. The summed E-state index contributed by atoms with van der Waals surface area (Å²) >= 11 is 0. The van der Waals surface area contributed by atoms with Gasteiger partial charge in [0.15, 0.2) is 11.5 Å². The number of hydrogen-bond donors (Lipinski definition) is 0. The average molecular weight is 394 g/mol. The number of esters is 1. The SMILES string of the molecule is COc1cc(/C=C/C(=O)Oc2ccc3c(C)cc(=O)oc3c2)cc2c1OCCO2. The lowest BCUT2D eigenvalue weighted by atomic mass is 10.1. The van der Waals surface area contributed by atoms with E-state index in [9.17, 15) is 9.59 Å². The van der Waals surface area contributed by atoms with Crippen LogP contribution in [0, 0.1) is 6.92 Å². The Morgan fingerprint density at radius 3 is 2.76 bits per heavy atom. The second-order valence-electron chi connectivity index (χ2n) is 6.41. The van der Waals surface area contributed by atoms with Crippen molar-refractivity contribution in [2.45, 2.75) is 6.92 Å². The molecule has 148 valence electrons. The van der Waals surface area contributed by atoms with Gasteiger partial charge in [-0.3, -0.25) is 0 Å². The first-order valence-corrected chi connectivity index (χ1v) is 8.95. The van der Waals surface area contributed by atoms with Gasteiger partial charge in [-0.15, -0.1) is 0 Å². The highest BCUT2D eigenvalue weighted by atomic mass is 16.6. The molecule has 0 N–H and O–H groups in total. The highest BCUT2D eigenvalue weighted by Gasteiger charge is 2.18. The van der Waals surface area contributed by atoms with Crippen molar-refractivity contribution in [3.8, 4) is 23.0 Å². The second kappa shape index (κ2) is 7.71. The average Bonchev–Trinajstić information content (AvgIpc) is 2.71. The minimum atomic E-state index is -0.576. The van der Waals surface area contributed by atoms with Gasteiger partial charge in [0, 0.05) is 23.6 Å². The van der Waals surface area contributed by atoms with Crippen molar-refractivity contribution >= 4 is 23.0 Å². The summed E-state index contributed by atoms with van der Waals surface area (Å²) in [6.07, 6.45) is 2.88. The van der Waals surface area contributed by atoms with Gasteiger partial charge < -0.3 is 23.4 Å². The Balaban J connectivity index is 1.53. The van der Waals surface area contributed by atoms with Gasteiger partial charge in [-0.25, -0.2) is 9.59 Å². The van der Waals surface area contributed by atoms with Gasteiger partial charge in [0.05, 0.1) is 7.11 Å². The topological polar surface area (TPSA) is 84.2 Å². The van der Waals surface area contributed by atoms with E-state index in [2.05, 4.69) is 0 Å². The van der Waals surface area contributed by atoms with Crippen LogP contribution in [0.1, 0.15) is 11.1 Å². The molecule has 0 radical (unpaired) electrons. The summed E-state index contributed by atoms with van der Waals surface area (Å²) in [6, 6.07) is 9.82. The van der Waals surface area contributed by atoms with Crippen LogP contribution in [0.2, 0.25) is 0 Å².